The van der Waals surface area contributed by atoms with E-state index in [9.17, 15) is 14.4 Å². The molecule has 194 valence electrons. The van der Waals surface area contributed by atoms with E-state index in [1.807, 2.05) is 40.7 Å². The highest BCUT2D eigenvalue weighted by Crippen LogP contribution is 2.42. The SMILES string of the molecule is CC(=O)Nc1c2n(c3ccccc13)C[C@@](C)(C(=O)NC1CCCCCC1)N(C1CCC(C)CC1)C2=O. The smallest absolute Gasteiger partial charge is 0.273 e. The van der Waals surface area contributed by atoms with Crippen molar-refractivity contribution in [3.63, 3.8) is 0 Å². The number of para-hydroxylation sites is 1. The summed E-state index contributed by atoms with van der Waals surface area (Å²) >= 11 is 0. The summed E-state index contributed by atoms with van der Waals surface area (Å²) in [7, 11) is 0. The topological polar surface area (TPSA) is 83.4 Å². The van der Waals surface area contributed by atoms with E-state index in [4.69, 9.17) is 0 Å². The van der Waals surface area contributed by atoms with Crippen molar-refractivity contribution in [2.75, 3.05) is 5.32 Å². The van der Waals surface area contributed by atoms with Crippen molar-refractivity contribution >= 4 is 34.3 Å². The Morgan fingerprint density at radius 2 is 1.64 bits per heavy atom. The third kappa shape index (κ3) is 4.41. The summed E-state index contributed by atoms with van der Waals surface area (Å²) < 4.78 is 1.97. The number of aromatic nitrogens is 1. The minimum atomic E-state index is -1.00. The minimum absolute atomic E-state index is 0.00974. The normalized spacial score (nSPS) is 27.4. The molecule has 2 saturated carbocycles. The van der Waals surface area contributed by atoms with Crippen molar-refractivity contribution in [3.8, 4) is 0 Å². The Labute approximate surface area is 214 Å². The van der Waals surface area contributed by atoms with Crippen LogP contribution in [0.3, 0.4) is 0 Å². The van der Waals surface area contributed by atoms with Crippen molar-refractivity contribution in [2.45, 2.75) is 109 Å². The molecule has 0 unspecified atom stereocenters. The number of benzene rings is 1. The minimum Gasteiger partial charge on any atom is -0.351 e. The highest BCUT2D eigenvalue weighted by Gasteiger charge is 2.52. The maximum atomic E-state index is 14.4. The summed E-state index contributed by atoms with van der Waals surface area (Å²) in [5.74, 6) is 0.221. The lowest BCUT2D eigenvalue weighted by atomic mass is 9.82. The van der Waals surface area contributed by atoms with Gasteiger partial charge in [0, 0.05) is 24.4 Å². The van der Waals surface area contributed by atoms with Crippen LogP contribution in [0, 0.1) is 5.92 Å². The summed E-state index contributed by atoms with van der Waals surface area (Å²) in [5, 5.41) is 7.14. The quantitative estimate of drug-likeness (QED) is 0.573. The first-order chi connectivity index (χ1) is 17.3. The molecule has 1 aromatic carbocycles. The second-order valence-electron chi connectivity index (χ2n) is 11.5. The van der Waals surface area contributed by atoms with Crippen molar-refractivity contribution in [3.05, 3.63) is 30.0 Å². The maximum absolute atomic E-state index is 14.4. The Bertz CT molecular complexity index is 1150. The Kier molecular flexibility index (Phi) is 6.84. The number of hydrogen-bond acceptors (Lipinski definition) is 3. The van der Waals surface area contributed by atoms with Gasteiger partial charge in [-0.25, -0.2) is 0 Å². The Morgan fingerprint density at radius 3 is 2.31 bits per heavy atom. The molecule has 1 aliphatic heterocycles. The van der Waals surface area contributed by atoms with Gasteiger partial charge in [0.25, 0.3) is 5.91 Å². The number of amides is 3. The number of anilines is 1. The molecule has 2 heterocycles. The van der Waals surface area contributed by atoms with Crippen LogP contribution < -0.4 is 10.6 Å². The molecule has 7 nitrogen and oxygen atoms in total. The molecule has 2 N–H and O–H groups in total. The number of nitrogens with one attached hydrogen (secondary N) is 2. The second-order valence-corrected chi connectivity index (χ2v) is 11.5. The fraction of sp³-hybridized carbons (Fsp3) is 0.621. The average Bonchev–Trinajstić information content (AvgIpc) is 2.98. The molecule has 0 spiro atoms. The van der Waals surface area contributed by atoms with Crippen LogP contribution in [0.25, 0.3) is 10.9 Å². The number of hydrogen-bond donors (Lipinski definition) is 2. The van der Waals surface area contributed by atoms with Gasteiger partial charge in [-0.3, -0.25) is 14.4 Å². The Morgan fingerprint density at radius 1 is 0.972 bits per heavy atom. The van der Waals surface area contributed by atoms with Crippen LogP contribution in [0.4, 0.5) is 5.69 Å². The van der Waals surface area contributed by atoms with Gasteiger partial charge in [-0.1, -0.05) is 50.8 Å². The average molecular weight is 493 g/mol. The largest absolute Gasteiger partial charge is 0.351 e. The third-order valence-corrected chi connectivity index (χ3v) is 8.72. The summed E-state index contributed by atoms with van der Waals surface area (Å²) in [6.45, 7) is 6.05. The first-order valence-corrected chi connectivity index (χ1v) is 13.8. The lowest BCUT2D eigenvalue weighted by Gasteiger charge is -2.49. The van der Waals surface area contributed by atoms with E-state index in [1.165, 1.54) is 19.8 Å². The van der Waals surface area contributed by atoms with E-state index in [2.05, 4.69) is 17.6 Å². The molecule has 1 atom stereocenters. The molecule has 3 amide bonds. The number of nitrogens with zero attached hydrogens (tertiary/aromatic N) is 2. The van der Waals surface area contributed by atoms with Gasteiger partial charge >= 0.3 is 0 Å². The predicted molar refractivity (Wildman–Crippen MR) is 142 cm³/mol. The van der Waals surface area contributed by atoms with Gasteiger partial charge in [-0.15, -0.1) is 0 Å². The van der Waals surface area contributed by atoms with E-state index < -0.39 is 5.54 Å². The monoisotopic (exact) mass is 492 g/mol. The summed E-state index contributed by atoms with van der Waals surface area (Å²) in [6, 6.07) is 7.94. The van der Waals surface area contributed by atoms with E-state index in [0.29, 0.717) is 23.8 Å². The van der Waals surface area contributed by atoms with Crippen molar-refractivity contribution in [2.24, 2.45) is 5.92 Å². The third-order valence-electron chi connectivity index (χ3n) is 8.72. The van der Waals surface area contributed by atoms with Crippen LogP contribution in [-0.2, 0) is 16.1 Å². The molecule has 0 radical (unpaired) electrons. The van der Waals surface area contributed by atoms with E-state index in [0.717, 1.165) is 62.3 Å². The van der Waals surface area contributed by atoms with E-state index in [1.54, 1.807) is 0 Å². The van der Waals surface area contributed by atoms with Gasteiger partial charge in [0.1, 0.15) is 11.2 Å². The Balaban J connectivity index is 1.59. The number of carbonyl (C=O) groups is 3. The van der Waals surface area contributed by atoms with Crippen LogP contribution in [-0.4, -0.2) is 44.8 Å². The van der Waals surface area contributed by atoms with Crippen LogP contribution >= 0.6 is 0 Å². The first kappa shape index (κ1) is 24.8. The predicted octanol–water partition coefficient (Wildman–Crippen LogP) is 5.23. The van der Waals surface area contributed by atoms with Crippen molar-refractivity contribution in [1.82, 2.24) is 14.8 Å². The van der Waals surface area contributed by atoms with Gasteiger partial charge in [0.15, 0.2) is 0 Å². The molecule has 1 aromatic heterocycles. The maximum Gasteiger partial charge on any atom is 0.273 e. The lowest BCUT2D eigenvalue weighted by molar-refractivity contribution is -0.135. The van der Waals surface area contributed by atoms with Gasteiger partial charge in [0.05, 0.1) is 17.7 Å². The van der Waals surface area contributed by atoms with E-state index in [-0.39, 0.29) is 29.8 Å². The molecule has 2 aromatic rings. The van der Waals surface area contributed by atoms with E-state index >= 15 is 0 Å². The molecule has 3 aliphatic rings. The highest BCUT2D eigenvalue weighted by molar-refractivity contribution is 6.14. The fourth-order valence-electron chi connectivity index (χ4n) is 6.73. The molecule has 2 aliphatic carbocycles. The Hall–Kier alpha value is -2.83. The van der Waals surface area contributed by atoms with Crippen LogP contribution in [0.1, 0.15) is 95.5 Å². The van der Waals surface area contributed by atoms with Gasteiger partial charge in [0.2, 0.25) is 11.8 Å². The molecule has 0 saturated heterocycles. The zero-order chi connectivity index (χ0) is 25.4. The molecule has 5 rings (SSSR count). The highest BCUT2D eigenvalue weighted by atomic mass is 16.2. The molecular formula is C29H40N4O3. The summed E-state index contributed by atoms with van der Waals surface area (Å²) in [5.41, 5.74) is 0.917. The second kappa shape index (κ2) is 9.91. The first-order valence-electron chi connectivity index (χ1n) is 13.8. The molecule has 36 heavy (non-hydrogen) atoms. The van der Waals surface area contributed by atoms with Crippen molar-refractivity contribution in [1.29, 1.82) is 0 Å². The van der Waals surface area contributed by atoms with Gasteiger partial charge in [-0.05, 0) is 57.4 Å². The van der Waals surface area contributed by atoms with Crippen LogP contribution in [0.5, 0.6) is 0 Å². The van der Waals surface area contributed by atoms with Crippen LogP contribution in [0.2, 0.25) is 0 Å². The zero-order valence-electron chi connectivity index (χ0n) is 21.9. The molecular weight excluding hydrogens is 452 g/mol. The zero-order valence-corrected chi connectivity index (χ0v) is 21.9. The summed E-state index contributed by atoms with van der Waals surface area (Å²) in [6.07, 6.45) is 10.6. The molecule has 7 heteroatoms. The number of rotatable bonds is 4. The van der Waals surface area contributed by atoms with Crippen molar-refractivity contribution < 1.29 is 14.4 Å². The van der Waals surface area contributed by atoms with Gasteiger partial charge < -0.3 is 20.1 Å². The molecule has 2 fully saturated rings. The molecule has 0 bridgehead atoms. The van der Waals surface area contributed by atoms with Gasteiger partial charge in [-0.2, -0.15) is 0 Å². The summed E-state index contributed by atoms with van der Waals surface area (Å²) in [4.78, 5) is 42.6. The van der Waals surface area contributed by atoms with Crippen LogP contribution in [0.15, 0.2) is 24.3 Å². The lowest BCUT2D eigenvalue weighted by Crippen LogP contribution is -2.67. The standard InChI is InChI=1S/C29H40N4O3/c1-19-14-16-22(17-15-19)33-27(35)26-25(30-20(2)34)23-12-8-9-13-24(23)32(26)18-29(33,3)28(36)31-21-10-6-4-5-7-11-21/h8-9,12-13,19,21-22H,4-7,10-11,14-18H2,1-3H3,(H,30,34)(H,31,36)/t19?,22?,29-/m0/s1. The number of fused-ring (bicyclic) bond motifs is 3. The number of carbonyl (C=O) groups excluding carboxylic acids is 3. The fourth-order valence-corrected chi connectivity index (χ4v) is 6.73.